The van der Waals surface area contributed by atoms with Gasteiger partial charge in [0.25, 0.3) is 5.91 Å². The first-order chi connectivity index (χ1) is 12.5. The molecule has 0 unspecified atom stereocenters. The molecule has 6 heteroatoms. The molecule has 1 aliphatic rings. The molecule has 0 aliphatic carbocycles. The molecule has 3 N–H and O–H groups in total. The number of hydrogen-bond donors (Lipinski definition) is 2. The van der Waals surface area contributed by atoms with Gasteiger partial charge >= 0.3 is 0 Å². The van der Waals surface area contributed by atoms with Crippen molar-refractivity contribution in [3.05, 3.63) is 47.8 Å². The average molecular weight is 355 g/mol. The number of benzene rings is 1. The maximum atomic E-state index is 12.8. The summed E-state index contributed by atoms with van der Waals surface area (Å²) in [7, 11) is 1.64. The van der Waals surface area contributed by atoms with Gasteiger partial charge in [0.05, 0.1) is 18.3 Å². The summed E-state index contributed by atoms with van der Waals surface area (Å²) in [5.41, 5.74) is 8.29. The summed E-state index contributed by atoms with van der Waals surface area (Å²) in [6.07, 6.45) is 4.35. The number of nitrogens with two attached hydrogens (primary N) is 1. The Bertz CT molecular complexity index is 799. The number of nitrogens with zero attached hydrogens (tertiary/aromatic N) is 2. The van der Waals surface area contributed by atoms with Crippen LogP contribution in [0, 0.1) is 6.92 Å². The van der Waals surface area contributed by atoms with Crippen molar-refractivity contribution in [1.29, 1.82) is 0 Å². The third-order valence-electron chi connectivity index (χ3n) is 5.09. The lowest BCUT2D eigenvalue weighted by Gasteiger charge is -2.37. The molecule has 0 spiro atoms. The van der Waals surface area contributed by atoms with Gasteiger partial charge in [0.1, 0.15) is 5.75 Å². The first kappa shape index (κ1) is 18.4. The molecule has 2 aromatic rings. The van der Waals surface area contributed by atoms with Gasteiger partial charge in [0, 0.05) is 37.6 Å². The largest absolute Gasteiger partial charge is 0.497 e. The highest BCUT2D eigenvalue weighted by atomic mass is 16.5. The molecule has 6 nitrogen and oxygen atoms in total. The molecule has 1 aromatic heterocycles. The topological polar surface area (TPSA) is 88.7 Å². The number of pyridine rings is 1. The number of amides is 1. The van der Waals surface area contributed by atoms with E-state index in [0.717, 1.165) is 22.4 Å². The van der Waals surface area contributed by atoms with E-state index >= 15 is 0 Å². The van der Waals surface area contributed by atoms with Crippen LogP contribution in [-0.4, -0.2) is 53.2 Å². The quantitative estimate of drug-likeness (QED) is 0.876. The number of ether oxygens (including phenoxy) is 1. The van der Waals surface area contributed by atoms with Gasteiger partial charge in [-0.05, 0) is 49.1 Å². The number of methoxy groups -OCH3 is 1. The maximum absolute atomic E-state index is 12.8. The van der Waals surface area contributed by atoms with Crippen LogP contribution in [-0.2, 0) is 0 Å². The van der Waals surface area contributed by atoms with Crippen LogP contribution < -0.4 is 10.5 Å². The van der Waals surface area contributed by atoms with Gasteiger partial charge in [-0.2, -0.15) is 0 Å². The first-order valence-electron chi connectivity index (χ1n) is 8.77. The predicted octanol–water partition coefficient (Wildman–Crippen LogP) is 1.99. The number of aliphatic hydroxyl groups is 1. The number of carbonyl (C=O) groups is 1. The Hall–Kier alpha value is -2.44. The van der Waals surface area contributed by atoms with Crippen LogP contribution in [0.15, 0.2) is 36.7 Å². The van der Waals surface area contributed by atoms with Gasteiger partial charge in [0.2, 0.25) is 0 Å². The number of hydrogen-bond acceptors (Lipinski definition) is 5. The molecule has 1 amide bonds. The number of rotatable bonds is 4. The molecule has 26 heavy (non-hydrogen) atoms. The second kappa shape index (κ2) is 7.43. The SMILES string of the molecule is COc1ccc(-c2cncc(C(=O)N3CCC(O)(CN)CC3)c2)c(C)c1. The van der Waals surface area contributed by atoms with E-state index in [1.807, 2.05) is 31.2 Å². The third-order valence-corrected chi connectivity index (χ3v) is 5.09. The predicted molar refractivity (Wildman–Crippen MR) is 100 cm³/mol. The fourth-order valence-corrected chi connectivity index (χ4v) is 3.30. The second-order valence-corrected chi connectivity index (χ2v) is 6.86. The maximum Gasteiger partial charge on any atom is 0.255 e. The molecule has 138 valence electrons. The Labute approximate surface area is 153 Å². The van der Waals surface area contributed by atoms with Crippen LogP contribution in [0.5, 0.6) is 5.75 Å². The first-order valence-corrected chi connectivity index (χ1v) is 8.77. The number of aryl methyl sites for hydroxylation is 1. The van der Waals surface area contributed by atoms with Crippen LogP contribution in [0.3, 0.4) is 0 Å². The molecule has 2 heterocycles. The number of piperidine rings is 1. The molecule has 1 fully saturated rings. The fraction of sp³-hybridized carbons (Fsp3) is 0.400. The number of carbonyl (C=O) groups excluding carboxylic acids is 1. The zero-order valence-corrected chi connectivity index (χ0v) is 15.2. The Morgan fingerprint density at radius 2 is 2.04 bits per heavy atom. The lowest BCUT2D eigenvalue weighted by Crippen LogP contribution is -2.50. The van der Waals surface area contributed by atoms with Gasteiger partial charge in [-0.15, -0.1) is 0 Å². The van der Waals surface area contributed by atoms with Crippen LogP contribution in [0.4, 0.5) is 0 Å². The highest BCUT2D eigenvalue weighted by Gasteiger charge is 2.33. The molecular formula is C20H25N3O3. The lowest BCUT2D eigenvalue weighted by molar-refractivity contribution is -0.00952. The summed E-state index contributed by atoms with van der Waals surface area (Å²) in [6.45, 7) is 3.23. The van der Waals surface area contributed by atoms with Gasteiger partial charge in [0.15, 0.2) is 0 Å². The van der Waals surface area contributed by atoms with Crippen molar-refractivity contribution in [3.8, 4) is 16.9 Å². The van der Waals surface area contributed by atoms with Crippen molar-refractivity contribution in [2.75, 3.05) is 26.7 Å². The van der Waals surface area contributed by atoms with Crippen molar-refractivity contribution in [1.82, 2.24) is 9.88 Å². The smallest absolute Gasteiger partial charge is 0.255 e. The highest BCUT2D eigenvalue weighted by molar-refractivity contribution is 5.95. The van der Waals surface area contributed by atoms with Crippen LogP contribution in [0.25, 0.3) is 11.1 Å². The van der Waals surface area contributed by atoms with Crippen LogP contribution >= 0.6 is 0 Å². The van der Waals surface area contributed by atoms with Crippen LogP contribution in [0.2, 0.25) is 0 Å². The fourth-order valence-electron chi connectivity index (χ4n) is 3.30. The third kappa shape index (κ3) is 3.71. The normalized spacial score (nSPS) is 16.4. The van der Waals surface area contributed by atoms with Crippen molar-refractivity contribution in [3.63, 3.8) is 0 Å². The Morgan fingerprint density at radius 1 is 1.31 bits per heavy atom. The van der Waals surface area contributed by atoms with E-state index in [2.05, 4.69) is 4.98 Å². The van der Waals surface area contributed by atoms with E-state index < -0.39 is 5.60 Å². The molecule has 1 aromatic carbocycles. The van der Waals surface area contributed by atoms with Crippen molar-refractivity contribution in [2.24, 2.45) is 5.73 Å². The second-order valence-electron chi connectivity index (χ2n) is 6.86. The molecule has 1 aliphatic heterocycles. The summed E-state index contributed by atoms with van der Waals surface area (Å²) >= 11 is 0. The number of likely N-dealkylation sites (tertiary alicyclic amines) is 1. The van der Waals surface area contributed by atoms with E-state index in [9.17, 15) is 9.90 Å². The van der Waals surface area contributed by atoms with Crippen LogP contribution in [0.1, 0.15) is 28.8 Å². The summed E-state index contributed by atoms with van der Waals surface area (Å²) in [4.78, 5) is 18.8. The molecular weight excluding hydrogens is 330 g/mol. The molecule has 1 saturated heterocycles. The molecule has 0 atom stereocenters. The summed E-state index contributed by atoms with van der Waals surface area (Å²) in [6, 6.07) is 7.70. The van der Waals surface area contributed by atoms with Crippen molar-refractivity contribution < 1.29 is 14.6 Å². The standard InChI is InChI=1S/C20H25N3O3/c1-14-9-17(26-2)3-4-18(14)15-10-16(12-22-11-15)19(24)23-7-5-20(25,13-21)6-8-23/h3-4,9-12,25H,5-8,13,21H2,1-2H3. The Balaban J connectivity index is 1.80. The van der Waals surface area contributed by atoms with Gasteiger partial charge in [-0.25, -0.2) is 0 Å². The Kier molecular flexibility index (Phi) is 5.25. The Morgan fingerprint density at radius 3 is 2.65 bits per heavy atom. The highest BCUT2D eigenvalue weighted by Crippen LogP contribution is 2.28. The molecule has 3 rings (SSSR count). The zero-order valence-electron chi connectivity index (χ0n) is 15.2. The van der Waals surface area contributed by atoms with Gasteiger partial charge < -0.3 is 20.5 Å². The zero-order chi connectivity index (χ0) is 18.7. The molecule has 0 bridgehead atoms. The van der Waals surface area contributed by atoms with E-state index in [1.165, 1.54) is 0 Å². The molecule has 0 saturated carbocycles. The summed E-state index contributed by atoms with van der Waals surface area (Å²) < 4.78 is 5.25. The van der Waals surface area contributed by atoms with Gasteiger partial charge in [-0.1, -0.05) is 6.07 Å². The van der Waals surface area contributed by atoms with E-state index in [4.69, 9.17) is 10.5 Å². The lowest BCUT2D eigenvalue weighted by atomic mass is 9.91. The van der Waals surface area contributed by atoms with E-state index in [-0.39, 0.29) is 12.5 Å². The van der Waals surface area contributed by atoms with Crippen molar-refractivity contribution in [2.45, 2.75) is 25.4 Å². The summed E-state index contributed by atoms with van der Waals surface area (Å²) in [5, 5.41) is 10.2. The van der Waals surface area contributed by atoms with Crippen molar-refractivity contribution >= 4 is 5.91 Å². The monoisotopic (exact) mass is 355 g/mol. The number of aromatic nitrogens is 1. The summed E-state index contributed by atoms with van der Waals surface area (Å²) in [5.74, 6) is 0.733. The van der Waals surface area contributed by atoms with E-state index in [0.29, 0.717) is 31.5 Å². The van der Waals surface area contributed by atoms with Gasteiger partial charge in [-0.3, -0.25) is 9.78 Å². The van der Waals surface area contributed by atoms with E-state index in [1.54, 1.807) is 24.4 Å². The minimum atomic E-state index is -0.850. The minimum Gasteiger partial charge on any atom is -0.497 e. The average Bonchev–Trinajstić information content (AvgIpc) is 2.68. The minimum absolute atomic E-state index is 0.0652. The molecule has 0 radical (unpaired) electrons.